The molecule has 2 heterocycles. The lowest BCUT2D eigenvalue weighted by Crippen LogP contribution is -2.54. The molecule has 2 amide bonds. The molecule has 4 atom stereocenters. The Morgan fingerprint density at radius 1 is 1.14 bits per heavy atom. The third-order valence-corrected chi connectivity index (χ3v) is 6.89. The Hall–Kier alpha value is -2.84. The fourth-order valence-electron chi connectivity index (χ4n) is 4.93. The van der Waals surface area contributed by atoms with Gasteiger partial charge in [-0.1, -0.05) is 24.3 Å². The first-order chi connectivity index (χ1) is 16.9. The molecule has 0 aromatic heterocycles. The molecule has 2 aliphatic rings. The number of anilines is 1. The molecule has 2 aromatic rings. The van der Waals surface area contributed by atoms with Crippen LogP contribution in [0.3, 0.4) is 0 Å². The normalized spacial score (nSPS) is 25.1. The third kappa shape index (κ3) is 7.08. The molecular formula is C27H33F2N3O3. The van der Waals surface area contributed by atoms with Crippen LogP contribution >= 0.6 is 0 Å². The molecule has 35 heavy (non-hydrogen) atoms. The van der Waals surface area contributed by atoms with Crippen LogP contribution in [0, 0.1) is 11.7 Å². The van der Waals surface area contributed by atoms with Gasteiger partial charge in [0.1, 0.15) is 12.0 Å². The molecule has 6 nitrogen and oxygen atoms in total. The first kappa shape index (κ1) is 25.3. The quantitative estimate of drug-likeness (QED) is 0.563. The second kappa shape index (κ2) is 11.7. The van der Waals surface area contributed by atoms with Gasteiger partial charge in [-0.05, 0) is 74.9 Å². The number of carbonyl (C=O) groups excluding carboxylic acids is 2. The van der Waals surface area contributed by atoms with E-state index >= 15 is 0 Å². The summed E-state index contributed by atoms with van der Waals surface area (Å²) in [7, 11) is 0. The molecule has 2 aromatic carbocycles. The summed E-state index contributed by atoms with van der Waals surface area (Å²) in [5.74, 6) is -0.439. The van der Waals surface area contributed by atoms with Gasteiger partial charge in [0.2, 0.25) is 0 Å². The molecule has 2 N–H and O–H groups in total. The molecule has 2 unspecified atom stereocenters. The Morgan fingerprint density at radius 3 is 2.69 bits per heavy atom. The predicted molar refractivity (Wildman–Crippen MR) is 131 cm³/mol. The van der Waals surface area contributed by atoms with Crippen molar-refractivity contribution in [3.8, 4) is 0 Å². The molecule has 0 radical (unpaired) electrons. The lowest BCUT2D eigenvalue weighted by Gasteiger charge is -2.39. The topological polar surface area (TPSA) is 70.7 Å². The average molecular weight is 486 g/mol. The van der Waals surface area contributed by atoms with Crippen molar-refractivity contribution in [2.75, 3.05) is 31.6 Å². The third-order valence-electron chi connectivity index (χ3n) is 6.89. The van der Waals surface area contributed by atoms with Crippen molar-refractivity contribution in [3.63, 3.8) is 0 Å². The molecule has 0 spiro atoms. The van der Waals surface area contributed by atoms with Gasteiger partial charge in [0.05, 0.1) is 12.1 Å². The van der Waals surface area contributed by atoms with Crippen LogP contribution in [-0.4, -0.2) is 61.3 Å². The number of ether oxygens (including phenoxy) is 1. The Labute approximate surface area is 205 Å². The van der Waals surface area contributed by atoms with Gasteiger partial charge in [-0.3, -0.25) is 9.69 Å². The van der Waals surface area contributed by atoms with E-state index in [9.17, 15) is 18.4 Å². The molecule has 0 saturated carbocycles. The summed E-state index contributed by atoms with van der Waals surface area (Å²) in [4.78, 5) is 26.3. The lowest BCUT2D eigenvalue weighted by atomic mass is 9.88. The van der Waals surface area contributed by atoms with E-state index in [2.05, 4.69) is 15.5 Å². The summed E-state index contributed by atoms with van der Waals surface area (Å²) >= 11 is 0. The molecule has 2 fully saturated rings. The number of ketones is 1. The van der Waals surface area contributed by atoms with Crippen LogP contribution in [0.5, 0.6) is 0 Å². The lowest BCUT2D eigenvalue weighted by molar-refractivity contribution is -0.0370. The summed E-state index contributed by atoms with van der Waals surface area (Å²) in [6.45, 7) is 3.72. The number of piperidine rings is 1. The maximum Gasteiger partial charge on any atom is 0.319 e. The average Bonchev–Trinajstić information content (AvgIpc) is 2.83. The van der Waals surface area contributed by atoms with E-state index < -0.39 is 6.17 Å². The van der Waals surface area contributed by atoms with Crippen LogP contribution < -0.4 is 10.6 Å². The van der Waals surface area contributed by atoms with Crippen molar-refractivity contribution in [2.24, 2.45) is 5.92 Å². The van der Waals surface area contributed by atoms with Crippen LogP contribution in [-0.2, 0) is 11.2 Å². The second-order valence-electron chi connectivity index (χ2n) is 9.55. The number of benzene rings is 2. The summed E-state index contributed by atoms with van der Waals surface area (Å²) < 4.78 is 34.1. The van der Waals surface area contributed by atoms with E-state index in [0.29, 0.717) is 37.4 Å². The minimum atomic E-state index is -0.972. The number of nitrogens with one attached hydrogen (secondary N) is 2. The zero-order valence-electron chi connectivity index (χ0n) is 20.0. The van der Waals surface area contributed by atoms with Crippen LogP contribution in [0.15, 0.2) is 48.5 Å². The zero-order valence-corrected chi connectivity index (χ0v) is 20.0. The largest absolute Gasteiger partial charge is 0.375 e. The van der Waals surface area contributed by atoms with E-state index in [1.165, 1.54) is 19.1 Å². The van der Waals surface area contributed by atoms with Gasteiger partial charge in [0.25, 0.3) is 0 Å². The Balaban J connectivity index is 1.28. The second-order valence-corrected chi connectivity index (χ2v) is 9.55. The van der Waals surface area contributed by atoms with Crippen LogP contribution in [0.1, 0.15) is 42.1 Å². The van der Waals surface area contributed by atoms with Gasteiger partial charge in [0.15, 0.2) is 5.78 Å². The molecule has 4 rings (SSSR count). The maximum atomic E-state index is 15.0. The van der Waals surface area contributed by atoms with Crippen molar-refractivity contribution in [1.82, 2.24) is 10.2 Å². The van der Waals surface area contributed by atoms with Gasteiger partial charge < -0.3 is 15.4 Å². The van der Waals surface area contributed by atoms with E-state index in [1.807, 2.05) is 0 Å². The van der Waals surface area contributed by atoms with Crippen molar-refractivity contribution >= 4 is 17.5 Å². The van der Waals surface area contributed by atoms with Crippen LogP contribution in [0.4, 0.5) is 19.3 Å². The summed E-state index contributed by atoms with van der Waals surface area (Å²) in [6, 6.07) is 12.6. The first-order valence-electron chi connectivity index (χ1n) is 12.3. The number of hydrogen-bond donors (Lipinski definition) is 2. The number of carbonyl (C=O) groups is 2. The minimum absolute atomic E-state index is 0.0672. The SMILES string of the molecule is CC(=O)c1cccc(NC(=O)N[C@@H]2CCCO[C@@H]2CN2CCC(Cc3ccc(F)cc3)C(F)C2)c1. The highest BCUT2D eigenvalue weighted by molar-refractivity contribution is 5.96. The van der Waals surface area contributed by atoms with Gasteiger partial charge in [-0.2, -0.15) is 0 Å². The van der Waals surface area contributed by atoms with Crippen molar-refractivity contribution < 1.29 is 23.1 Å². The highest BCUT2D eigenvalue weighted by Crippen LogP contribution is 2.26. The maximum absolute atomic E-state index is 15.0. The smallest absolute Gasteiger partial charge is 0.319 e. The zero-order chi connectivity index (χ0) is 24.8. The number of likely N-dealkylation sites (tertiary alicyclic amines) is 1. The van der Waals surface area contributed by atoms with E-state index in [-0.39, 0.29) is 35.7 Å². The summed E-state index contributed by atoms with van der Waals surface area (Å²) in [5.41, 5.74) is 2.03. The standard InChI is InChI=1S/C27H33F2N3O3/c1-18(33)20-4-2-5-23(15-20)30-27(34)31-25-6-3-13-35-26(25)17-32-12-11-21(24(29)16-32)14-19-7-9-22(28)10-8-19/h2,4-5,7-10,15,21,24-26H,3,6,11-14,16-17H2,1H3,(H2,30,31,34)/t21?,24?,25-,26-/m1/s1. The van der Waals surface area contributed by atoms with E-state index in [1.54, 1.807) is 36.4 Å². The molecule has 188 valence electrons. The van der Waals surface area contributed by atoms with E-state index in [0.717, 1.165) is 31.4 Å². The van der Waals surface area contributed by atoms with Crippen molar-refractivity contribution in [1.29, 1.82) is 0 Å². The molecule has 2 saturated heterocycles. The van der Waals surface area contributed by atoms with Crippen molar-refractivity contribution in [2.45, 2.75) is 50.9 Å². The molecule has 8 heteroatoms. The number of Topliss-reactive ketones (excluding diaryl/α,β-unsaturated/α-hetero) is 1. The Bertz CT molecular complexity index is 1020. The fourth-order valence-corrected chi connectivity index (χ4v) is 4.93. The molecule has 0 aliphatic carbocycles. The number of urea groups is 1. The van der Waals surface area contributed by atoms with Gasteiger partial charge in [-0.15, -0.1) is 0 Å². The number of amides is 2. The molecule has 0 bridgehead atoms. The minimum Gasteiger partial charge on any atom is -0.375 e. The highest BCUT2D eigenvalue weighted by atomic mass is 19.1. The summed E-state index contributed by atoms with van der Waals surface area (Å²) in [5, 5.41) is 5.80. The van der Waals surface area contributed by atoms with Gasteiger partial charge >= 0.3 is 6.03 Å². The van der Waals surface area contributed by atoms with Gasteiger partial charge in [0, 0.05) is 30.9 Å². The van der Waals surface area contributed by atoms with E-state index in [4.69, 9.17) is 4.74 Å². The predicted octanol–water partition coefficient (Wildman–Crippen LogP) is 4.60. The molecule has 2 aliphatic heterocycles. The van der Waals surface area contributed by atoms with Crippen LogP contribution in [0.2, 0.25) is 0 Å². The van der Waals surface area contributed by atoms with Crippen LogP contribution in [0.25, 0.3) is 0 Å². The number of nitrogens with zero attached hydrogens (tertiary/aromatic N) is 1. The monoisotopic (exact) mass is 485 g/mol. The first-order valence-corrected chi connectivity index (χ1v) is 12.3. The Kier molecular flexibility index (Phi) is 8.46. The molecular weight excluding hydrogens is 452 g/mol. The number of hydrogen-bond acceptors (Lipinski definition) is 4. The van der Waals surface area contributed by atoms with Crippen molar-refractivity contribution in [3.05, 3.63) is 65.5 Å². The number of alkyl halides is 1. The Morgan fingerprint density at radius 2 is 1.94 bits per heavy atom. The van der Waals surface area contributed by atoms with Gasteiger partial charge in [-0.25, -0.2) is 13.6 Å². The number of rotatable bonds is 7. The fraction of sp³-hybridized carbons (Fsp3) is 0.481. The highest BCUT2D eigenvalue weighted by Gasteiger charge is 2.34. The number of halogens is 2. The summed E-state index contributed by atoms with van der Waals surface area (Å²) in [6.07, 6.45) is 1.75.